The van der Waals surface area contributed by atoms with Crippen LogP contribution in [0.15, 0.2) is 35.0 Å². The van der Waals surface area contributed by atoms with Gasteiger partial charge in [0.2, 0.25) is 5.79 Å². The van der Waals surface area contributed by atoms with Gasteiger partial charge in [-0.05, 0) is 55.3 Å². The second-order valence-corrected chi connectivity index (χ2v) is 12.9. The van der Waals surface area contributed by atoms with Crippen LogP contribution in [0.4, 0.5) is 0 Å². The normalized spacial score (nSPS) is 34.2. The highest BCUT2D eigenvalue weighted by molar-refractivity contribution is 6.74. The molecule has 0 aliphatic carbocycles. The van der Waals surface area contributed by atoms with Crippen LogP contribution in [0.3, 0.4) is 0 Å². The Morgan fingerprint density at radius 1 is 1.25 bits per heavy atom. The maximum atomic E-state index is 10.5. The number of ether oxygens (including phenoxy) is 2. The number of hydrogen-bond donors (Lipinski definition) is 1. The van der Waals surface area contributed by atoms with Crippen molar-refractivity contribution in [3.8, 4) is 0 Å². The molecule has 6 heteroatoms. The molecular formula is C18H28O5Si. The summed E-state index contributed by atoms with van der Waals surface area (Å²) in [4.78, 5) is 0. The molecule has 3 rings (SSSR count). The molecule has 4 atom stereocenters. The van der Waals surface area contributed by atoms with Gasteiger partial charge >= 0.3 is 0 Å². The molecule has 0 amide bonds. The first kappa shape index (κ1) is 17.9. The van der Waals surface area contributed by atoms with Crippen molar-refractivity contribution >= 4 is 8.32 Å². The molecule has 5 nitrogen and oxygen atoms in total. The Labute approximate surface area is 144 Å². The van der Waals surface area contributed by atoms with Crippen LogP contribution in [0.5, 0.6) is 0 Å². The maximum absolute atomic E-state index is 10.5. The van der Waals surface area contributed by atoms with Crippen LogP contribution in [0.25, 0.3) is 0 Å². The fourth-order valence-electron chi connectivity index (χ4n) is 2.81. The van der Waals surface area contributed by atoms with Crippen LogP contribution in [0.2, 0.25) is 18.1 Å². The van der Waals surface area contributed by atoms with Crippen molar-refractivity contribution in [2.75, 3.05) is 0 Å². The van der Waals surface area contributed by atoms with E-state index in [1.165, 1.54) is 0 Å². The fraction of sp³-hybridized carbons (Fsp3) is 0.667. The van der Waals surface area contributed by atoms with Crippen LogP contribution in [-0.2, 0) is 13.9 Å². The summed E-state index contributed by atoms with van der Waals surface area (Å²) < 4.78 is 23.9. The summed E-state index contributed by atoms with van der Waals surface area (Å²) in [6.07, 6.45) is 5.14. The van der Waals surface area contributed by atoms with Gasteiger partial charge in [0, 0.05) is 0 Å². The minimum absolute atomic E-state index is 0.0860. The van der Waals surface area contributed by atoms with E-state index >= 15 is 0 Å². The molecule has 0 bridgehead atoms. The molecule has 0 radical (unpaired) electrons. The highest BCUT2D eigenvalue weighted by Crippen LogP contribution is 2.44. The lowest BCUT2D eigenvalue weighted by atomic mass is 9.97. The molecule has 3 heterocycles. The Kier molecular flexibility index (Phi) is 4.55. The van der Waals surface area contributed by atoms with E-state index in [9.17, 15) is 5.11 Å². The van der Waals surface area contributed by atoms with E-state index < -0.39 is 26.5 Å². The van der Waals surface area contributed by atoms with Gasteiger partial charge in [-0.15, -0.1) is 0 Å². The van der Waals surface area contributed by atoms with E-state index in [-0.39, 0.29) is 11.1 Å². The molecule has 134 valence electrons. The zero-order valence-corrected chi connectivity index (χ0v) is 16.1. The van der Waals surface area contributed by atoms with Crippen molar-refractivity contribution < 1.29 is 23.4 Å². The Morgan fingerprint density at radius 2 is 2.00 bits per heavy atom. The first-order chi connectivity index (χ1) is 11.1. The average Bonchev–Trinajstić information content (AvgIpc) is 3.11. The van der Waals surface area contributed by atoms with Crippen molar-refractivity contribution in [1.82, 2.24) is 0 Å². The van der Waals surface area contributed by atoms with Gasteiger partial charge in [-0.3, -0.25) is 0 Å². The number of hydrogen-bond acceptors (Lipinski definition) is 5. The quantitative estimate of drug-likeness (QED) is 0.655. The zero-order valence-electron chi connectivity index (χ0n) is 15.1. The average molecular weight is 353 g/mol. The van der Waals surface area contributed by atoms with Gasteiger partial charge in [-0.2, -0.15) is 0 Å². The molecule has 1 spiro atoms. The molecule has 24 heavy (non-hydrogen) atoms. The van der Waals surface area contributed by atoms with Crippen LogP contribution in [0, 0.1) is 0 Å². The predicted molar refractivity (Wildman–Crippen MR) is 92.8 cm³/mol. The Bertz CT molecular complexity index is 589. The lowest BCUT2D eigenvalue weighted by molar-refractivity contribution is -0.318. The van der Waals surface area contributed by atoms with Crippen LogP contribution >= 0.6 is 0 Å². The van der Waals surface area contributed by atoms with E-state index in [1.807, 2.05) is 18.2 Å². The van der Waals surface area contributed by atoms with Gasteiger partial charge in [0.25, 0.3) is 0 Å². The minimum Gasteiger partial charge on any atom is -0.467 e. The maximum Gasteiger partial charge on any atom is 0.218 e. The second-order valence-electron chi connectivity index (χ2n) is 8.16. The molecule has 1 aromatic heterocycles. The molecule has 0 saturated carbocycles. The number of rotatable bonds is 3. The van der Waals surface area contributed by atoms with Gasteiger partial charge in [-0.25, -0.2) is 0 Å². The summed E-state index contributed by atoms with van der Waals surface area (Å²) in [5, 5.41) is 10.6. The zero-order chi connectivity index (χ0) is 17.6. The minimum atomic E-state index is -1.97. The summed E-state index contributed by atoms with van der Waals surface area (Å²) in [6, 6.07) is 3.73. The van der Waals surface area contributed by atoms with Crippen molar-refractivity contribution in [3.05, 3.63) is 36.3 Å². The van der Waals surface area contributed by atoms with Crippen molar-refractivity contribution in [2.45, 2.75) is 76.0 Å². The molecule has 1 saturated heterocycles. The van der Waals surface area contributed by atoms with Crippen LogP contribution in [-0.4, -0.2) is 31.6 Å². The highest BCUT2D eigenvalue weighted by Gasteiger charge is 2.51. The second kappa shape index (κ2) is 6.11. The first-order valence-corrected chi connectivity index (χ1v) is 11.5. The molecule has 2 aliphatic heterocycles. The highest BCUT2D eigenvalue weighted by atomic mass is 28.4. The topological polar surface area (TPSA) is 61.1 Å². The molecule has 1 N–H and O–H groups in total. The van der Waals surface area contributed by atoms with Gasteiger partial charge < -0.3 is 23.4 Å². The van der Waals surface area contributed by atoms with Crippen molar-refractivity contribution in [2.24, 2.45) is 0 Å². The Hall–Kier alpha value is -0.923. The van der Waals surface area contributed by atoms with Gasteiger partial charge in [0.05, 0.1) is 6.26 Å². The Balaban J connectivity index is 1.72. The van der Waals surface area contributed by atoms with Crippen LogP contribution < -0.4 is 0 Å². The van der Waals surface area contributed by atoms with Gasteiger partial charge in [0.1, 0.15) is 18.0 Å². The third-order valence-corrected chi connectivity index (χ3v) is 9.79. The van der Waals surface area contributed by atoms with Crippen molar-refractivity contribution in [1.29, 1.82) is 0 Å². The fourth-order valence-corrected chi connectivity index (χ4v) is 3.87. The monoisotopic (exact) mass is 352 g/mol. The summed E-state index contributed by atoms with van der Waals surface area (Å²) in [5.41, 5.74) is 0. The Morgan fingerprint density at radius 3 is 2.62 bits per heavy atom. The SMILES string of the molecule is CC(C)(C)[Si](C)(C)O[C@H]1C=C[C@@]2(O1)O[C@@H](c1ccco1)CC[C@@H]2O. The lowest BCUT2D eigenvalue weighted by Gasteiger charge is -2.42. The van der Waals surface area contributed by atoms with E-state index in [4.69, 9.17) is 18.3 Å². The van der Waals surface area contributed by atoms with Gasteiger partial charge in [0.15, 0.2) is 14.6 Å². The molecule has 2 aliphatic rings. The number of furan rings is 1. The molecular weight excluding hydrogens is 324 g/mol. The lowest BCUT2D eigenvalue weighted by Crippen LogP contribution is -2.51. The predicted octanol–water partition coefficient (Wildman–Crippen LogP) is 4.12. The third kappa shape index (κ3) is 3.26. The van der Waals surface area contributed by atoms with Crippen molar-refractivity contribution in [3.63, 3.8) is 0 Å². The summed E-state index contributed by atoms with van der Waals surface area (Å²) in [7, 11) is -1.97. The summed E-state index contributed by atoms with van der Waals surface area (Å²) in [5.74, 6) is -0.394. The summed E-state index contributed by atoms with van der Waals surface area (Å²) >= 11 is 0. The van der Waals surface area contributed by atoms with E-state index in [2.05, 4.69) is 33.9 Å². The van der Waals surface area contributed by atoms with Crippen LogP contribution in [0.1, 0.15) is 45.5 Å². The first-order valence-electron chi connectivity index (χ1n) is 8.57. The summed E-state index contributed by atoms with van der Waals surface area (Å²) in [6.45, 7) is 10.9. The number of aliphatic hydroxyl groups is 1. The smallest absolute Gasteiger partial charge is 0.218 e. The largest absolute Gasteiger partial charge is 0.467 e. The van der Waals surface area contributed by atoms with E-state index in [0.29, 0.717) is 12.8 Å². The van der Waals surface area contributed by atoms with E-state index in [1.54, 1.807) is 12.3 Å². The molecule has 0 aromatic carbocycles. The third-order valence-electron chi connectivity index (χ3n) is 5.36. The standard InChI is InChI=1S/C18H28O5Si/c1-17(2,3)24(4,5)23-16-10-11-18(22-16)15(19)9-8-14(21-18)13-7-6-12-20-13/h6-7,10-12,14-16,19H,8-9H2,1-5H3/t14-,15+,16+,18+/m1/s1. The molecule has 1 fully saturated rings. The molecule has 1 aromatic rings. The molecule has 0 unspecified atom stereocenters. The van der Waals surface area contributed by atoms with E-state index in [0.717, 1.165) is 5.76 Å². The number of aliphatic hydroxyl groups excluding tert-OH is 1. The van der Waals surface area contributed by atoms with Gasteiger partial charge in [-0.1, -0.05) is 20.8 Å².